The highest BCUT2D eigenvalue weighted by atomic mass is 127. The molecule has 1 heterocycles. The Morgan fingerprint density at radius 3 is 2.78 bits per heavy atom. The number of halogens is 1. The van der Waals surface area contributed by atoms with Crippen LogP contribution in [0.1, 0.15) is 26.5 Å². The number of rotatable bonds is 3. The molecule has 0 saturated heterocycles. The van der Waals surface area contributed by atoms with Crippen molar-refractivity contribution in [1.82, 2.24) is 10.3 Å². The van der Waals surface area contributed by atoms with Crippen molar-refractivity contribution in [2.45, 2.75) is 32.9 Å². The average molecular weight is 356 g/mol. The molecule has 2 aromatic rings. The first-order valence-corrected chi connectivity index (χ1v) is 6.97. The first kappa shape index (κ1) is 13.5. The zero-order valence-electron chi connectivity index (χ0n) is 10.8. The van der Waals surface area contributed by atoms with Crippen molar-refractivity contribution >= 4 is 22.6 Å². The molecule has 0 aliphatic heterocycles. The number of nitrogens with one attached hydrogen (secondary N) is 1. The van der Waals surface area contributed by atoms with Crippen LogP contribution in [0.3, 0.4) is 0 Å². The molecule has 0 amide bonds. The van der Waals surface area contributed by atoms with Gasteiger partial charge >= 0.3 is 0 Å². The molecule has 0 fully saturated rings. The zero-order valence-corrected chi connectivity index (χ0v) is 13.0. The number of aromatic nitrogens is 1. The number of hydrogen-bond donors (Lipinski definition) is 1. The number of nitrogens with zero attached hydrogens (tertiary/aromatic N) is 1. The summed E-state index contributed by atoms with van der Waals surface area (Å²) in [6, 6.07) is 8.13. The molecule has 0 atom stereocenters. The van der Waals surface area contributed by atoms with Crippen molar-refractivity contribution in [2.24, 2.45) is 0 Å². The van der Waals surface area contributed by atoms with Crippen LogP contribution in [0.25, 0.3) is 11.5 Å². The van der Waals surface area contributed by atoms with Crippen LogP contribution in [-0.2, 0) is 6.54 Å². The van der Waals surface area contributed by atoms with E-state index in [1.165, 1.54) is 3.57 Å². The highest BCUT2D eigenvalue weighted by molar-refractivity contribution is 14.1. The molecule has 4 heteroatoms. The van der Waals surface area contributed by atoms with Gasteiger partial charge in [-0.2, -0.15) is 0 Å². The van der Waals surface area contributed by atoms with Crippen LogP contribution in [0.2, 0.25) is 0 Å². The van der Waals surface area contributed by atoms with Gasteiger partial charge < -0.3 is 9.73 Å². The van der Waals surface area contributed by atoms with Crippen molar-refractivity contribution < 1.29 is 4.42 Å². The minimum absolute atomic E-state index is 0.0846. The summed E-state index contributed by atoms with van der Waals surface area (Å²) in [6.45, 7) is 7.12. The normalized spacial score (nSPS) is 11.8. The van der Waals surface area contributed by atoms with Crippen LogP contribution in [0.4, 0.5) is 0 Å². The van der Waals surface area contributed by atoms with E-state index < -0.39 is 0 Å². The molecule has 18 heavy (non-hydrogen) atoms. The van der Waals surface area contributed by atoms with Crippen LogP contribution in [-0.4, -0.2) is 10.5 Å². The summed E-state index contributed by atoms with van der Waals surface area (Å²) >= 11 is 2.28. The molecule has 96 valence electrons. The van der Waals surface area contributed by atoms with Crippen LogP contribution in [0, 0.1) is 3.57 Å². The first-order valence-electron chi connectivity index (χ1n) is 5.89. The maximum absolute atomic E-state index is 5.52. The Labute approximate surface area is 121 Å². The van der Waals surface area contributed by atoms with Crippen LogP contribution in [0.15, 0.2) is 34.9 Å². The zero-order chi connectivity index (χ0) is 13.2. The minimum atomic E-state index is 0.0846. The van der Waals surface area contributed by atoms with Gasteiger partial charge in [-0.3, -0.25) is 0 Å². The Morgan fingerprint density at radius 2 is 2.11 bits per heavy atom. The van der Waals surface area contributed by atoms with Crippen molar-refractivity contribution in [2.75, 3.05) is 0 Å². The maximum atomic E-state index is 5.52. The molecule has 0 saturated carbocycles. The summed E-state index contributed by atoms with van der Waals surface area (Å²) in [5, 5.41) is 3.39. The Bertz CT molecular complexity index is 529. The maximum Gasteiger partial charge on any atom is 0.226 e. The summed E-state index contributed by atoms with van der Waals surface area (Å²) in [4.78, 5) is 4.49. The van der Waals surface area contributed by atoms with Gasteiger partial charge in [0.1, 0.15) is 6.26 Å². The average Bonchev–Trinajstić information content (AvgIpc) is 2.74. The molecule has 0 aliphatic carbocycles. The predicted molar refractivity (Wildman–Crippen MR) is 81.2 cm³/mol. The summed E-state index contributed by atoms with van der Waals surface area (Å²) in [5.41, 5.74) is 2.03. The number of oxazole rings is 1. The molecular weight excluding hydrogens is 339 g/mol. The Balaban J connectivity index is 2.11. The third kappa shape index (κ3) is 3.81. The van der Waals surface area contributed by atoms with Crippen molar-refractivity contribution in [1.29, 1.82) is 0 Å². The predicted octanol–water partition coefficient (Wildman–Crippen LogP) is 3.83. The molecule has 0 radical (unpaired) electrons. The van der Waals surface area contributed by atoms with E-state index in [0.29, 0.717) is 5.89 Å². The lowest BCUT2D eigenvalue weighted by atomic mass is 10.1. The SMILES string of the molecule is CC(C)(C)NCc1coc(-c2cccc(I)c2)n1. The van der Waals surface area contributed by atoms with Crippen LogP contribution >= 0.6 is 22.6 Å². The van der Waals surface area contributed by atoms with Gasteiger partial charge in [-0.05, 0) is 61.6 Å². The topological polar surface area (TPSA) is 38.1 Å². The van der Waals surface area contributed by atoms with Gasteiger partial charge in [0.25, 0.3) is 0 Å². The molecule has 1 N–H and O–H groups in total. The number of hydrogen-bond acceptors (Lipinski definition) is 3. The van der Waals surface area contributed by atoms with E-state index in [4.69, 9.17) is 4.42 Å². The van der Waals surface area contributed by atoms with Crippen molar-refractivity contribution in [3.8, 4) is 11.5 Å². The van der Waals surface area contributed by atoms with Gasteiger partial charge in [0.2, 0.25) is 5.89 Å². The molecule has 2 rings (SSSR count). The second-order valence-corrected chi connectivity index (χ2v) is 6.50. The third-order valence-electron chi connectivity index (χ3n) is 2.42. The molecule has 0 spiro atoms. The molecular formula is C14H17IN2O. The highest BCUT2D eigenvalue weighted by Gasteiger charge is 2.11. The van der Waals surface area contributed by atoms with Gasteiger partial charge in [-0.1, -0.05) is 6.07 Å². The van der Waals surface area contributed by atoms with Gasteiger partial charge in [-0.25, -0.2) is 4.98 Å². The van der Waals surface area contributed by atoms with Crippen LogP contribution < -0.4 is 5.32 Å². The van der Waals surface area contributed by atoms with E-state index in [2.05, 4.69) is 65.8 Å². The van der Waals surface area contributed by atoms with Gasteiger partial charge in [0.15, 0.2) is 0 Å². The van der Waals surface area contributed by atoms with E-state index in [0.717, 1.165) is 17.8 Å². The molecule has 1 aromatic heterocycles. The summed E-state index contributed by atoms with van der Waals surface area (Å²) in [5.74, 6) is 0.680. The lowest BCUT2D eigenvalue weighted by molar-refractivity contribution is 0.421. The standard InChI is InChI=1S/C14H17IN2O/c1-14(2,3)16-8-12-9-18-13(17-12)10-5-4-6-11(15)7-10/h4-7,9,16H,8H2,1-3H3. The summed E-state index contributed by atoms with van der Waals surface area (Å²) in [7, 11) is 0. The fourth-order valence-corrected chi connectivity index (χ4v) is 2.04. The van der Waals surface area contributed by atoms with E-state index in [1.54, 1.807) is 6.26 Å². The van der Waals surface area contributed by atoms with Crippen molar-refractivity contribution in [3.63, 3.8) is 0 Å². The number of benzene rings is 1. The Kier molecular flexibility index (Phi) is 4.07. The van der Waals surface area contributed by atoms with E-state index in [9.17, 15) is 0 Å². The molecule has 0 aliphatic rings. The lowest BCUT2D eigenvalue weighted by Gasteiger charge is -2.19. The lowest BCUT2D eigenvalue weighted by Crippen LogP contribution is -2.35. The van der Waals surface area contributed by atoms with E-state index >= 15 is 0 Å². The first-order chi connectivity index (χ1) is 8.44. The third-order valence-corrected chi connectivity index (χ3v) is 3.09. The fraction of sp³-hybridized carbons (Fsp3) is 0.357. The smallest absolute Gasteiger partial charge is 0.226 e. The Morgan fingerprint density at radius 1 is 1.33 bits per heavy atom. The molecule has 0 unspecified atom stereocenters. The largest absolute Gasteiger partial charge is 0.444 e. The van der Waals surface area contributed by atoms with E-state index in [1.807, 2.05) is 12.1 Å². The second kappa shape index (κ2) is 5.40. The molecule has 3 nitrogen and oxygen atoms in total. The van der Waals surface area contributed by atoms with Gasteiger partial charge in [-0.15, -0.1) is 0 Å². The highest BCUT2D eigenvalue weighted by Crippen LogP contribution is 2.20. The van der Waals surface area contributed by atoms with Crippen molar-refractivity contribution in [3.05, 3.63) is 39.8 Å². The fourth-order valence-electron chi connectivity index (χ4n) is 1.50. The van der Waals surface area contributed by atoms with E-state index in [-0.39, 0.29) is 5.54 Å². The van der Waals surface area contributed by atoms with Crippen LogP contribution in [0.5, 0.6) is 0 Å². The summed E-state index contributed by atoms with van der Waals surface area (Å²) in [6.07, 6.45) is 1.72. The second-order valence-electron chi connectivity index (χ2n) is 5.26. The minimum Gasteiger partial charge on any atom is -0.444 e. The van der Waals surface area contributed by atoms with Gasteiger partial charge in [0, 0.05) is 21.2 Å². The monoisotopic (exact) mass is 356 g/mol. The quantitative estimate of drug-likeness (QED) is 0.850. The molecule has 0 bridgehead atoms. The summed E-state index contributed by atoms with van der Waals surface area (Å²) < 4.78 is 6.69. The van der Waals surface area contributed by atoms with Gasteiger partial charge in [0.05, 0.1) is 5.69 Å². The Hall–Kier alpha value is -0.880. The molecule has 1 aromatic carbocycles.